The van der Waals surface area contributed by atoms with Crippen LogP contribution in [0.5, 0.6) is 0 Å². The van der Waals surface area contributed by atoms with E-state index in [0.717, 1.165) is 24.3 Å². The van der Waals surface area contributed by atoms with Crippen molar-refractivity contribution in [1.29, 1.82) is 0 Å². The van der Waals surface area contributed by atoms with Gasteiger partial charge in [0.2, 0.25) is 5.91 Å². The van der Waals surface area contributed by atoms with Gasteiger partial charge in [0.05, 0.1) is 0 Å². The highest BCUT2D eigenvalue weighted by molar-refractivity contribution is 5.91. The van der Waals surface area contributed by atoms with Gasteiger partial charge in [0, 0.05) is 31.9 Å². The molecule has 1 unspecified atom stereocenters. The zero-order valence-electron chi connectivity index (χ0n) is 13.2. The molecule has 0 aliphatic carbocycles. The first-order valence-electron chi connectivity index (χ1n) is 7.83. The van der Waals surface area contributed by atoms with E-state index in [1.807, 2.05) is 24.3 Å². The van der Waals surface area contributed by atoms with Gasteiger partial charge in [0.15, 0.2) is 0 Å². The number of hydrogen-bond acceptors (Lipinski definition) is 3. The van der Waals surface area contributed by atoms with Gasteiger partial charge in [-0.1, -0.05) is 38.5 Å². The molecule has 1 amide bonds. The molecular formula is C17H28N2O2. The summed E-state index contributed by atoms with van der Waals surface area (Å²) in [6.45, 7) is 6.22. The van der Waals surface area contributed by atoms with Gasteiger partial charge in [-0.15, -0.1) is 0 Å². The number of amides is 1. The molecule has 0 aliphatic heterocycles. The van der Waals surface area contributed by atoms with Crippen LogP contribution in [0, 0.1) is 5.92 Å². The lowest BCUT2D eigenvalue weighted by molar-refractivity contribution is -0.116. The van der Waals surface area contributed by atoms with Gasteiger partial charge < -0.3 is 15.8 Å². The number of para-hydroxylation sites is 1. The number of anilines is 1. The Labute approximate surface area is 128 Å². The Hall–Kier alpha value is -1.39. The molecule has 0 spiro atoms. The Bertz CT molecular complexity index is 421. The van der Waals surface area contributed by atoms with Crippen LogP contribution < -0.4 is 11.1 Å². The number of nitrogens with two attached hydrogens (primary N) is 1. The fourth-order valence-electron chi connectivity index (χ4n) is 2.23. The maximum Gasteiger partial charge on any atom is 0.224 e. The van der Waals surface area contributed by atoms with Gasteiger partial charge >= 0.3 is 0 Å². The maximum atomic E-state index is 11.9. The molecule has 21 heavy (non-hydrogen) atoms. The van der Waals surface area contributed by atoms with Crippen molar-refractivity contribution >= 4 is 11.6 Å². The largest absolute Gasteiger partial charge is 0.381 e. The Morgan fingerprint density at radius 3 is 2.86 bits per heavy atom. The fraction of sp³-hybridized carbons (Fsp3) is 0.588. The maximum absolute atomic E-state index is 11.9. The van der Waals surface area contributed by atoms with E-state index in [2.05, 4.69) is 19.2 Å². The van der Waals surface area contributed by atoms with E-state index >= 15 is 0 Å². The molecule has 0 bridgehead atoms. The molecule has 1 aromatic carbocycles. The molecule has 0 fully saturated rings. The molecule has 118 valence electrons. The first kappa shape index (κ1) is 17.7. The minimum absolute atomic E-state index is 0.0149. The molecule has 0 aromatic heterocycles. The number of ether oxygens (including phenoxy) is 1. The smallest absolute Gasteiger partial charge is 0.224 e. The first-order chi connectivity index (χ1) is 10.2. The third-order valence-electron chi connectivity index (χ3n) is 3.39. The van der Waals surface area contributed by atoms with E-state index in [0.29, 0.717) is 25.5 Å². The summed E-state index contributed by atoms with van der Waals surface area (Å²) in [7, 11) is 0. The number of carbonyl (C=O) groups excluding carboxylic acids is 1. The molecular weight excluding hydrogens is 264 g/mol. The van der Waals surface area contributed by atoms with Crippen molar-refractivity contribution in [3.63, 3.8) is 0 Å². The van der Waals surface area contributed by atoms with Gasteiger partial charge in [-0.05, 0) is 30.4 Å². The average Bonchev–Trinajstić information content (AvgIpc) is 2.47. The molecule has 0 saturated carbocycles. The Balaban J connectivity index is 2.20. The van der Waals surface area contributed by atoms with E-state index < -0.39 is 0 Å². The van der Waals surface area contributed by atoms with Crippen LogP contribution in [0.1, 0.15) is 45.1 Å². The van der Waals surface area contributed by atoms with E-state index in [4.69, 9.17) is 10.5 Å². The van der Waals surface area contributed by atoms with Crippen molar-refractivity contribution in [2.24, 2.45) is 11.7 Å². The molecule has 4 heteroatoms. The molecule has 1 rings (SSSR count). The Morgan fingerprint density at radius 1 is 1.38 bits per heavy atom. The summed E-state index contributed by atoms with van der Waals surface area (Å²) >= 11 is 0. The Morgan fingerprint density at radius 2 is 2.14 bits per heavy atom. The van der Waals surface area contributed by atoms with Crippen molar-refractivity contribution in [3.05, 3.63) is 29.8 Å². The van der Waals surface area contributed by atoms with Gasteiger partial charge in [0.1, 0.15) is 0 Å². The van der Waals surface area contributed by atoms with Gasteiger partial charge in [0.25, 0.3) is 0 Å². The predicted octanol–water partition coefficient (Wildman–Crippen LogP) is 3.32. The second-order valence-corrected chi connectivity index (χ2v) is 5.48. The van der Waals surface area contributed by atoms with Crippen LogP contribution >= 0.6 is 0 Å². The highest BCUT2D eigenvalue weighted by Crippen LogP contribution is 2.14. The van der Waals surface area contributed by atoms with Crippen molar-refractivity contribution in [3.8, 4) is 0 Å². The lowest BCUT2D eigenvalue weighted by atomic mass is 10.1. The number of hydrogen-bond donors (Lipinski definition) is 2. The standard InChI is InChI=1S/C17H28N2O2/c1-3-7-14(2)13-21-11-6-10-17(20)19-16-9-5-4-8-15(16)12-18/h4-5,8-9,14H,3,6-7,10-13,18H2,1-2H3,(H,19,20). The zero-order valence-corrected chi connectivity index (χ0v) is 13.2. The first-order valence-corrected chi connectivity index (χ1v) is 7.83. The summed E-state index contributed by atoms with van der Waals surface area (Å²) < 4.78 is 5.59. The molecule has 0 radical (unpaired) electrons. The second-order valence-electron chi connectivity index (χ2n) is 5.48. The monoisotopic (exact) mass is 292 g/mol. The van der Waals surface area contributed by atoms with Crippen LogP contribution in [0.2, 0.25) is 0 Å². The van der Waals surface area contributed by atoms with Crippen molar-refractivity contribution in [2.45, 2.75) is 46.1 Å². The molecule has 0 heterocycles. The fourth-order valence-corrected chi connectivity index (χ4v) is 2.23. The number of nitrogens with one attached hydrogen (secondary N) is 1. The Kier molecular flexibility index (Phi) is 8.71. The molecule has 0 saturated heterocycles. The molecule has 0 aliphatic rings. The topological polar surface area (TPSA) is 64.3 Å². The van der Waals surface area contributed by atoms with Crippen molar-refractivity contribution in [2.75, 3.05) is 18.5 Å². The average molecular weight is 292 g/mol. The molecule has 1 aromatic rings. The third kappa shape index (κ3) is 7.25. The lowest BCUT2D eigenvalue weighted by Gasteiger charge is -2.11. The van der Waals surface area contributed by atoms with E-state index in [1.54, 1.807) is 0 Å². The van der Waals surface area contributed by atoms with E-state index in [1.165, 1.54) is 12.8 Å². The number of benzene rings is 1. The minimum atomic E-state index is 0.0149. The van der Waals surface area contributed by atoms with E-state index in [-0.39, 0.29) is 5.91 Å². The highest BCUT2D eigenvalue weighted by Gasteiger charge is 2.06. The van der Waals surface area contributed by atoms with Crippen LogP contribution in [0.3, 0.4) is 0 Å². The normalized spacial score (nSPS) is 12.1. The quantitative estimate of drug-likeness (QED) is 0.650. The van der Waals surface area contributed by atoms with E-state index in [9.17, 15) is 4.79 Å². The van der Waals surface area contributed by atoms with Crippen molar-refractivity contribution < 1.29 is 9.53 Å². The predicted molar refractivity (Wildman–Crippen MR) is 87.1 cm³/mol. The van der Waals surface area contributed by atoms with Crippen LogP contribution in [0.15, 0.2) is 24.3 Å². The summed E-state index contributed by atoms with van der Waals surface area (Å²) in [6.07, 6.45) is 3.60. The molecule has 3 N–H and O–H groups in total. The van der Waals surface area contributed by atoms with Crippen LogP contribution in [-0.4, -0.2) is 19.1 Å². The third-order valence-corrected chi connectivity index (χ3v) is 3.39. The molecule has 1 atom stereocenters. The molecule has 4 nitrogen and oxygen atoms in total. The number of carbonyl (C=O) groups is 1. The second kappa shape index (κ2) is 10.4. The lowest BCUT2D eigenvalue weighted by Crippen LogP contribution is -2.15. The van der Waals surface area contributed by atoms with Gasteiger partial charge in [-0.2, -0.15) is 0 Å². The van der Waals surface area contributed by atoms with Gasteiger partial charge in [-0.25, -0.2) is 0 Å². The van der Waals surface area contributed by atoms with Crippen LogP contribution in [0.25, 0.3) is 0 Å². The number of rotatable bonds is 10. The van der Waals surface area contributed by atoms with Crippen molar-refractivity contribution in [1.82, 2.24) is 0 Å². The summed E-state index contributed by atoms with van der Waals surface area (Å²) in [5.74, 6) is 0.612. The van der Waals surface area contributed by atoms with Crippen LogP contribution in [0.4, 0.5) is 5.69 Å². The summed E-state index contributed by atoms with van der Waals surface area (Å²) in [6, 6.07) is 7.62. The minimum Gasteiger partial charge on any atom is -0.381 e. The summed E-state index contributed by atoms with van der Waals surface area (Å²) in [5.41, 5.74) is 7.41. The zero-order chi connectivity index (χ0) is 15.5. The summed E-state index contributed by atoms with van der Waals surface area (Å²) in [5, 5.41) is 2.91. The summed E-state index contributed by atoms with van der Waals surface area (Å²) in [4.78, 5) is 11.9. The highest BCUT2D eigenvalue weighted by atomic mass is 16.5. The van der Waals surface area contributed by atoms with Crippen LogP contribution in [-0.2, 0) is 16.1 Å². The van der Waals surface area contributed by atoms with Gasteiger partial charge in [-0.3, -0.25) is 4.79 Å². The SMILES string of the molecule is CCCC(C)COCCCC(=O)Nc1ccccc1CN.